The highest BCUT2D eigenvalue weighted by Crippen LogP contribution is 2.44. The molecule has 0 spiro atoms. The molecule has 106 valence electrons. The Hall–Kier alpha value is -0.930. The average Bonchev–Trinajstić information content (AvgIpc) is 3.32. The molecule has 2 saturated carbocycles. The highest BCUT2D eigenvalue weighted by atomic mass is 35.5. The Kier molecular flexibility index (Phi) is 3.08. The van der Waals surface area contributed by atoms with Crippen LogP contribution in [0, 0.1) is 11.8 Å². The van der Waals surface area contributed by atoms with E-state index in [1.54, 1.807) is 0 Å². The van der Waals surface area contributed by atoms with Crippen LogP contribution in [-0.4, -0.2) is 18.0 Å². The zero-order valence-corrected chi connectivity index (χ0v) is 12.6. The lowest BCUT2D eigenvalue weighted by Gasteiger charge is -2.17. The molecule has 5 heteroatoms. The van der Waals surface area contributed by atoms with Gasteiger partial charge in [0.2, 0.25) is 0 Å². The number of benzene rings is 1. The van der Waals surface area contributed by atoms with Gasteiger partial charge in [0.25, 0.3) is 0 Å². The Balaban J connectivity index is 1.55. The van der Waals surface area contributed by atoms with Crippen LogP contribution in [-0.2, 0) is 0 Å². The van der Waals surface area contributed by atoms with Crippen molar-refractivity contribution in [2.45, 2.75) is 37.8 Å². The van der Waals surface area contributed by atoms with Crippen LogP contribution in [0.25, 0.3) is 0 Å². The van der Waals surface area contributed by atoms with Crippen molar-refractivity contribution in [3.63, 3.8) is 0 Å². The maximum Gasteiger partial charge on any atom is 0.196 e. The zero-order valence-electron chi connectivity index (χ0n) is 11.1. The molecule has 2 N–H and O–H groups in total. The van der Waals surface area contributed by atoms with Gasteiger partial charge >= 0.3 is 0 Å². The third-order valence-electron chi connectivity index (χ3n) is 4.39. The smallest absolute Gasteiger partial charge is 0.196 e. The zero-order chi connectivity index (χ0) is 13.7. The molecule has 3 aliphatic rings. The number of aliphatic imine (C=N–C) groups is 1. The minimum absolute atomic E-state index is 0.436. The standard InChI is InChI=1S/C15H17Cl2N3/c16-10-2-1-3-11(17)14(10)20-15-18-12(8-4-5-8)13(19-15)9-6-7-9/h1-3,8-9,12-13H,4-7H2,(H2,18,19,20). The van der Waals surface area contributed by atoms with Gasteiger partial charge in [-0.15, -0.1) is 0 Å². The summed E-state index contributed by atoms with van der Waals surface area (Å²) in [5.74, 6) is 2.40. The highest BCUT2D eigenvalue weighted by molar-refractivity contribution is 6.39. The number of guanidine groups is 1. The molecule has 0 radical (unpaired) electrons. The van der Waals surface area contributed by atoms with Gasteiger partial charge in [0, 0.05) is 0 Å². The van der Waals surface area contributed by atoms with E-state index in [0.29, 0.717) is 22.1 Å². The largest absolute Gasteiger partial charge is 0.351 e. The van der Waals surface area contributed by atoms with Gasteiger partial charge in [-0.2, -0.15) is 0 Å². The van der Waals surface area contributed by atoms with Crippen molar-refractivity contribution in [1.29, 1.82) is 0 Å². The first-order valence-electron chi connectivity index (χ1n) is 7.28. The quantitative estimate of drug-likeness (QED) is 0.888. The van der Waals surface area contributed by atoms with Gasteiger partial charge in [0.15, 0.2) is 5.96 Å². The number of nitrogens with one attached hydrogen (secondary N) is 2. The molecular weight excluding hydrogens is 293 g/mol. The Morgan fingerprint density at radius 3 is 2.30 bits per heavy atom. The lowest BCUT2D eigenvalue weighted by molar-refractivity contribution is 0.439. The van der Waals surface area contributed by atoms with Gasteiger partial charge in [-0.05, 0) is 49.7 Å². The van der Waals surface area contributed by atoms with Crippen molar-refractivity contribution in [3.05, 3.63) is 28.2 Å². The van der Waals surface area contributed by atoms with Crippen LogP contribution < -0.4 is 10.6 Å². The molecule has 3 nitrogen and oxygen atoms in total. The van der Waals surface area contributed by atoms with E-state index in [1.807, 2.05) is 18.2 Å². The van der Waals surface area contributed by atoms with E-state index in [2.05, 4.69) is 10.6 Å². The molecule has 1 aromatic rings. The Bertz CT molecular complexity index is 544. The third-order valence-corrected chi connectivity index (χ3v) is 5.02. The Labute approximate surface area is 128 Å². The summed E-state index contributed by atoms with van der Waals surface area (Å²) in [7, 11) is 0. The summed E-state index contributed by atoms with van der Waals surface area (Å²) in [4.78, 5) is 4.85. The summed E-state index contributed by atoms with van der Waals surface area (Å²) >= 11 is 12.4. The van der Waals surface area contributed by atoms with Gasteiger partial charge < -0.3 is 10.6 Å². The van der Waals surface area contributed by atoms with Crippen LogP contribution >= 0.6 is 23.2 Å². The van der Waals surface area contributed by atoms with E-state index in [-0.39, 0.29) is 0 Å². The van der Waals surface area contributed by atoms with E-state index in [1.165, 1.54) is 25.7 Å². The van der Waals surface area contributed by atoms with Gasteiger partial charge in [-0.3, -0.25) is 0 Å². The Morgan fingerprint density at radius 2 is 1.70 bits per heavy atom. The van der Waals surface area contributed by atoms with Crippen molar-refractivity contribution in [2.75, 3.05) is 5.32 Å². The van der Waals surface area contributed by atoms with E-state index in [9.17, 15) is 0 Å². The minimum Gasteiger partial charge on any atom is -0.351 e. The van der Waals surface area contributed by atoms with Gasteiger partial charge in [0.05, 0.1) is 27.8 Å². The first-order chi connectivity index (χ1) is 9.72. The number of hydrogen-bond donors (Lipinski definition) is 2. The molecule has 2 atom stereocenters. The van der Waals surface area contributed by atoms with Crippen LogP contribution in [0.4, 0.5) is 5.69 Å². The van der Waals surface area contributed by atoms with Crippen LogP contribution in [0.1, 0.15) is 25.7 Å². The topological polar surface area (TPSA) is 36.4 Å². The van der Waals surface area contributed by atoms with E-state index >= 15 is 0 Å². The predicted octanol–water partition coefficient (Wildman–Crippen LogP) is 3.92. The van der Waals surface area contributed by atoms with Gasteiger partial charge in [-0.25, -0.2) is 4.99 Å². The van der Waals surface area contributed by atoms with Crippen molar-refractivity contribution in [3.8, 4) is 0 Å². The predicted molar refractivity (Wildman–Crippen MR) is 83.7 cm³/mol. The second-order valence-electron chi connectivity index (χ2n) is 6.03. The fourth-order valence-corrected chi connectivity index (χ4v) is 3.49. The molecule has 0 bridgehead atoms. The number of rotatable bonds is 3. The number of anilines is 1. The lowest BCUT2D eigenvalue weighted by Crippen LogP contribution is -2.39. The molecule has 20 heavy (non-hydrogen) atoms. The van der Waals surface area contributed by atoms with Gasteiger partial charge in [0.1, 0.15) is 0 Å². The molecule has 2 fully saturated rings. The molecule has 0 aromatic heterocycles. The molecule has 1 aromatic carbocycles. The Morgan fingerprint density at radius 1 is 1.05 bits per heavy atom. The highest BCUT2D eigenvalue weighted by Gasteiger charge is 2.46. The summed E-state index contributed by atoms with van der Waals surface area (Å²) in [6, 6.07) is 6.46. The summed E-state index contributed by atoms with van der Waals surface area (Å²) in [5.41, 5.74) is 0.744. The fourth-order valence-electron chi connectivity index (χ4n) is 3.00. The van der Waals surface area contributed by atoms with Crippen LogP contribution in [0.5, 0.6) is 0 Å². The average molecular weight is 310 g/mol. The van der Waals surface area contributed by atoms with Crippen LogP contribution in [0.3, 0.4) is 0 Å². The van der Waals surface area contributed by atoms with Crippen LogP contribution in [0.2, 0.25) is 10.0 Å². The van der Waals surface area contributed by atoms with Gasteiger partial charge in [-0.1, -0.05) is 29.3 Å². The van der Waals surface area contributed by atoms with E-state index in [0.717, 1.165) is 23.5 Å². The number of hydrogen-bond acceptors (Lipinski definition) is 3. The van der Waals surface area contributed by atoms with Crippen molar-refractivity contribution in [1.82, 2.24) is 5.32 Å². The maximum atomic E-state index is 6.20. The fraction of sp³-hybridized carbons (Fsp3) is 0.533. The number of halogens is 2. The molecule has 1 aliphatic heterocycles. The monoisotopic (exact) mass is 309 g/mol. The molecule has 2 aliphatic carbocycles. The number of nitrogens with zero attached hydrogens (tertiary/aromatic N) is 1. The molecule has 4 rings (SSSR count). The van der Waals surface area contributed by atoms with Crippen LogP contribution in [0.15, 0.2) is 23.2 Å². The van der Waals surface area contributed by atoms with Crippen molar-refractivity contribution in [2.24, 2.45) is 16.8 Å². The molecular formula is C15H17Cl2N3. The summed E-state index contributed by atoms with van der Waals surface area (Å²) in [6.07, 6.45) is 5.30. The lowest BCUT2D eigenvalue weighted by atomic mass is 10.0. The summed E-state index contributed by atoms with van der Waals surface area (Å²) in [5, 5.41) is 8.08. The third kappa shape index (κ3) is 2.38. The normalized spacial score (nSPS) is 29.0. The number of para-hydroxylation sites is 1. The van der Waals surface area contributed by atoms with E-state index in [4.69, 9.17) is 28.2 Å². The SMILES string of the molecule is Clc1cccc(Cl)c1NC1=NC(C2CC2)C(C2CC2)N1. The summed E-state index contributed by atoms with van der Waals surface area (Å²) in [6.45, 7) is 0. The van der Waals surface area contributed by atoms with Crippen molar-refractivity contribution >= 4 is 34.8 Å². The minimum atomic E-state index is 0.436. The van der Waals surface area contributed by atoms with Crippen molar-refractivity contribution < 1.29 is 0 Å². The first kappa shape index (κ1) is 12.8. The second kappa shape index (κ2) is 4.81. The molecule has 1 heterocycles. The second-order valence-corrected chi connectivity index (χ2v) is 6.85. The first-order valence-corrected chi connectivity index (χ1v) is 8.03. The molecule has 0 saturated heterocycles. The summed E-state index contributed by atoms with van der Waals surface area (Å²) < 4.78 is 0. The van der Waals surface area contributed by atoms with E-state index < -0.39 is 0 Å². The molecule has 2 unspecified atom stereocenters. The maximum absolute atomic E-state index is 6.20. The molecule has 0 amide bonds.